The summed E-state index contributed by atoms with van der Waals surface area (Å²) in [7, 11) is 0. The number of para-hydroxylation sites is 1. The first-order valence-corrected chi connectivity index (χ1v) is 8.79. The fourth-order valence-electron chi connectivity index (χ4n) is 3.07. The van der Waals surface area contributed by atoms with E-state index in [4.69, 9.17) is 4.74 Å². The van der Waals surface area contributed by atoms with Gasteiger partial charge in [-0.05, 0) is 43.9 Å². The van der Waals surface area contributed by atoms with Gasteiger partial charge in [0.1, 0.15) is 0 Å². The second kappa shape index (κ2) is 5.89. The highest BCUT2D eigenvalue weighted by Crippen LogP contribution is 2.27. The summed E-state index contributed by atoms with van der Waals surface area (Å²) >= 11 is 1.75. The zero-order valence-corrected chi connectivity index (χ0v) is 13.5. The average molecular weight is 313 g/mol. The molecule has 114 valence electrons. The molecule has 3 heterocycles. The zero-order chi connectivity index (χ0) is 14.9. The van der Waals surface area contributed by atoms with Crippen LogP contribution in [0.25, 0.3) is 16.6 Å². The first-order valence-electron chi connectivity index (χ1n) is 7.81. The van der Waals surface area contributed by atoms with Crippen LogP contribution in [-0.2, 0) is 4.74 Å². The Balaban J connectivity index is 1.70. The molecule has 1 fully saturated rings. The molecule has 0 N–H and O–H groups in total. The maximum atomic E-state index is 5.82. The zero-order valence-electron chi connectivity index (χ0n) is 12.7. The summed E-state index contributed by atoms with van der Waals surface area (Å²) in [6, 6.07) is 10.5. The lowest BCUT2D eigenvalue weighted by Gasteiger charge is -2.21. The molecular weight excluding hydrogens is 294 g/mol. The lowest BCUT2D eigenvalue weighted by Crippen LogP contribution is -2.21. The van der Waals surface area contributed by atoms with Gasteiger partial charge in [-0.3, -0.25) is 4.40 Å². The van der Waals surface area contributed by atoms with Crippen LogP contribution in [0.2, 0.25) is 0 Å². The molecule has 4 nitrogen and oxygen atoms in total. The molecule has 3 aromatic rings. The molecule has 5 heteroatoms. The minimum absolute atomic E-state index is 0.350. The number of thioether (sulfide) groups is 1. The van der Waals surface area contributed by atoms with Crippen molar-refractivity contribution in [2.24, 2.45) is 0 Å². The lowest BCUT2D eigenvalue weighted by molar-refractivity contribution is 0.0315. The SMILES string of the molecule is Cc1cc2nnc(SC[C@@H]3CCCCO3)n2c2ccccc12. The molecule has 1 atom stereocenters. The molecule has 2 aromatic heterocycles. The van der Waals surface area contributed by atoms with Crippen molar-refractivity contribution < 1.29 is 4.74 Å². The van der Waals surface area contributed by atoms with E-state index in [0.717, 1.165) is 29.6 Å². The minimum atomic E-state index is 0.350. The second-order valence-electron chi connectivity index (χ2n) is 5.82. The number of ether oxygens (including phenoxy) is 1. The van der Waals surface area contributed by atoms with Crippen LogP contribution in [0, 0.1) is 6.92 Å². The smallest absolute Gasteiger partial charge is 0.196 e. The lowest BCUT2D eigenvalue weighted by atomic mass is 10.1. The molecule has 0 aliphatic carbocycles. The molecule has 0 unspecified atom stereocenters. The largest absolute Gasteiger partial charge is 0.377 e. The van der Waals surface area contributed by atoms with Gasteiger partial charge in [-0.25, -0.2) is 0 Å². The molecule has 1 aliphatic heterocycles. The summed E-state index contributed by atoms with van der Waals surface area (Å²) in [6.45, 7) is 3.02. The van der Waals surface area contributed by atoms with Crippen LogP contribution in [0.1, 0.15) is 24.8 Å². The molecule has 0 spiro atoms. The maximum absolute atomic E-state index is 5.82. The number of rotatable bonds is 3. The van der Waals surface area contributed by atoms with E-state index in [9.17, 15) is 0 Å². The summed E-state index contributed by atoms with van der Waals surface area (Å²) in [5, 5.41) is 10.9. The van der Waals surface area contributed by atoms with E-state index < -0.39 is 0 Å². The first kappa shape index (κ1) is 14.0. The second-order valence-corrected chi connectivity index (χ2v) is 6.81. The van der Waals surface area contributed by atoms with Crippen LogP contribution in [0.15, 0.2) is 35.5 Å². The monoisotopic (exact) mass is 313 g/mol. The van der Waals surface area contributed by atoms with Gasteiger partial charge in [0.25, 0.3) is 0 Å². The molecule has 0 saturated carbocycles. The summed E-state index contributed by atoms with van der Waals surface area (Å²) in [5.74, 6) is 0.947. The molecule has 22 heavy (non-hydrogen) atoms. The number of hydrogen-bond acceptors (Lipinski definition) is 4. The Morgan fingerprint density at radius 1 is 1.27 bits per heavy atom. The Hall–Kier alpha value is -1.59. The van der Waals surface area contributed by atoms with E-state index in [2.05, 4.69) is 51.9 Å². The number of hydrogen-bond donors (Lipinski definition) is 0. The number of pyridine rings is 1. The molecular formula is C17H19N3OS. The van der Waals surface area contributed by atoms with Crippen molar-refractivity contribution in [3.8, 4) is 0 Å². The Morgan fingerprint density at radius 2 is 2.18 bits per heavy atom. The van der Waals surface area contributed by atoms with Crippen molar-refractivity contribution in [3.05, 3.63) is 35.9 Å². The fourth-order valence-corrected chi connectivity index (χ4v) is 4.09. The predicted molar refractivity (Wildman–Crippen MR) is 89.5 cm³/mol. The van der Waals surface area contributed by atoms with Gasteiger partial charge in [-0.15, -0.1) is 10.2 Å². The van der Waals surface area contributed by atoms with Crippen molar-refractivity contribution in [2.75, 3.05) is 12.4 Å². The van der Waals surface area contributed by atoms with Gasteiger partial charge in [0.2, 0.25) is 0 Å². The van der Waals surface area contributed by atoms with Crippen molar-refractivity contribution in [1.82, 2.24) is 14.6 Å². The number of aryl methyl sites for hydroxylation is 1. The third-order valence-electron chi connectivity index (χ3n) is 4.25. The summed E-state index contributed by atoms with van der Waals surface area (Å²) in [5.41, 5.74) is 3.33. The standard InChI is InChI=1S/C17H19N3OS/c1-12-10-16-18-19-17(22-11-13-6-4-5-9-21-13)20(16)15-8-3-2-7-14(12)15/h2-3,7-8,10,13H,4-6,9,11H2,1H3/t13-/m0/s1. The number of fused-ring (bicyclic) bond motifs is 3. The quantitative estimate of drug-likeness (QED) is 0.689. The summed E-state index contributed by atoms with van der Waals surface area (Å²) < 4.78 is 7.98. The van der Waals surface area contributed by atoms with E-state index in [1.54, 1.807) is 11.8 Å². The van der Waals surface area contributed by atoms with Crippen LogP contribution >= 0.6 is 11.8 Å². The van der Waals surface area contributed by atoms with Gasteiger partial charge in [0.15, 0.2) is 10.8 Å². The number of benzene rings is 1. The van der Waals surface area contributed by atoms with Gasteiger partial charge in [-0.1, -0.05) is 30.0 Å². The van der Waals surface area contributed by atoms with E-state index in [0.29, 0.717) is 6.10 Å². The van der Waals surface area contributed by atoms with E-state index >= 15 is 0 Å². The van der Waals surface area contributed by atoms with Crippen molar-refractivity contribution in [1.29, 1.82) is 0 Å². The summed E-state index contributed by atoms with van der Waals surface area (Å²) in [6.07, 6.45) is 3.97. The van der Waals surface area contributed by atoms with Gasteiger partial charge in [0, 0.05) is 17.7 Å². The van der Waals surface area contributed by atoms with Crippen LogP contribution < -0.4 is 0 Å². The average Bonchev–Trinajstić information content (AvgIpc) is 2.97. The Bertz CT molecular complexity index is 808. The maximum Gasteiger partial charge on any atom is 0.196 e. The van der Waals surface area contributed by atoms with Gasteiger partial charge in [0.05, 0.1) is 11.6 Å². The Labute approximate surface area is 133 Å². The van der Waals surface area contributed by atoms with Crippen LogP contribution in [0.4, 0.5) is 0 Å². The molecule has 0 radical (unpaired) electrons. The Morgan fingerprint density at radius 3 is 3.05 bits per heavy atom. The highest BCUT2D eigenvalue weighted by molar-refractivity contribution is 7.99. The third kappa shape index (κ3) is 2.48. The van der Waals surface area contributed by atoms with Crippen molar-refractivity contribution in [3.63, 3.8) is 0 Å². The van der Waals surface area contributed by atoms with Crippen molar-refractivity contribution >= 4 is 28.3 Å². The third-order valence-corrected chi connectivity index (χ3v) is 5.31. The molecule has 0 bridgehead atoms. The van der Waals surface area contributed by atoms with Crippen LogP contribution in [0.3, 0.4) is 0 Å². The normalized spacial score (nSPS) is 19.0. The molecule has 1 saturated heterocycles. The van der Waals surface area contributed by atoms with Gasteiger partial charge in [-0.2, -0.15) is 0 Å². The number of aromatic nitrogens is 3. The highest BCUT2D eigenvalue weighted by atomic mass is 32.2. The van der Waals surface area contributed by atoms with Crippen molar-refractivity contribution in [2.45, 2.75) is 37.4 Å². The van der Waals surface area contributed by atoms with Crippen LogP contribution in [0.5, 0.6) is 0 Å². The topological polar surface area (TPSA) is 39.4 Å². The predicted octanol–water partition coefficient (Wildman–Crippen LogP) is 3.85. The molecule has 0 amide bonds. The molecule has 1 aliphatic rings. The Kier molecular flexibility index (Phi) is 3.76. The van der Waals surface area contributed by atoms with Gasteiger partial charge < -0.3 is 4.74 Å². The van der Waals surface area contributed by atoms with E-state index in [1.807, 2.05) is 0 Å². The van der Waals surface area contributed by atoms with E-state index in [-0.39, 0.29) is 0 Å². The van der Waals surface area contributed by atoms with E-state index in [1.165, 1.54) is 29.3 Å². The fraction of sp³-hybridized carbons (Fsp3) is 0.412. The highest BCUT2D eigenvalue weighted by Gasteiger charge is 2.17. The van der Waals surface area contributed by atoms with Gasteiger partial charge >= 0.3 is 0 Å². The number of nitrogens with zero attached hydrogens (tertiary/aromatic N) is 3. The molecule has 4 rings (SSSR count). The minimum Gasteiger partial charge on any atom is -0.377 e. The molecule has 1 aromatic carbocycles. The van der Waals surface area contributed by atoms with Crippen LogP contribution in [-0.4, -0.2) is 33.1 Å². The summed E-state index contributed by atoms with van der Waals surface area (Å²) in [4.78, 5) is 0. The first-order chi connectivity index (χ1) is 10.8.